The number of rotatable bonds is 24. The molecule has 0 spiro atoms. The molecule has 0 atom stereocenters. The van der Waals surface area contributed by atoms with Gasteiger partial charge in [0.1, 0.15) is 68.6 Å². The van der Waals surface area contributed by atoms with Crippen molar-refractivity contribution in [2.24, 2.45) is 0 Å². The lowest BCUT2D eigenvalue weighted by molar-refractivity contribution is 0.414. The fourth-order valence-electron chi connectivity index (χ4n) is 12.9. The maximum absolute atomic E-state index is 5.97. The van der Waals surface area contributed by atoms with Gasteiger partial charge in [-0.3, -0.25) is 0 Å². The minimum atomic E-state index is 0.416. The molecule has 0 unspecified atom stereocenters. The molecule has 0 amide bonds. The van der Waals surface area contributed by atoms with E-state index in [0.717, 1.165) is 168 Å². The highest BCUT2D eigenvalue weighted by Gasteiger charge is 2.32. The number of nitrogens with one attached hydrogen (secondary N) is 2. The molecule has 15 aromatic rings. The summed E-state index contributed by atoms with van der Waals surface area (Å²) in [7, 11) is 13.4. The van der Waals surface area contributed by atoms with Crippen LogP contribution in [0.3, 0.4) is 0 Å². The average molecular weight is 1620 g/mol. The van der Waals surface area contributed by atoms with Crippen molar-refractivity contribution < 1.29 is 37.9 Å². The van der Waals surface area contributed by atoms with Gasteiger partial charge in [-0.15, -0.1) is 0 Å². The number of aromatic amines is 2. The molecule has 16 nitrogen and oxygen atoms in total. The van der Waals surface area contributed by atoms with Gasteiger partial charge >= 0.3 is 0 Å². The molecule has 2 aliphatic rings. The minimum Gasteiger partial charge on any atom is -0.497 e. The predicted octanol–water partition coefficient (Wildman–Crippen LogP) is 24.1. The molecule has 17 rings (SSSR count). The lowest BCUT2D eigenvalue weighted by Crippen LogP contribution is -1.90. The molecule has 0 saturated heterocycles. The van der Waals surface area contributed by atoms with Crippen LogP contribution >= 0.6 is 94.1 Å². The highest BCUT2D eigenvalue weighted by atomic mass is 32.2. The fraction of sp³-hybridized carbons (Fsp3) is 0.0909. The Bertz CT molecular complexity index is 5480. The largest absolute Gasteiger partial charge is 0.497 e. The van der Waals surface area contributed by atoms with E-state index in [0.29, 0.717) is 45.9 Å². The van der Waals surface area contributed by atoms with Gasteiger partial charge in [-0.2, -0.15) is 0 Å². The number of ether oxygens (including phenoxy) is 8. The van der Waals surface area contributed by atoms with Gasteiger partial charge in [0.2, 0.25) is 0 Å². The normalized spacial score (nSPS) is 11.5. The Morgan fingerprint density at radius 1 is 0.179 bits per heavy atom. The molecule has 554 valence electrons. The molecular formula is C88H66N8O8S8. The molecule has 0 saturated carbocycles. The second kappa shape index (κ2) is 32.9. The SMILES string of the molecule is COc1ccc(Sc2ccc(Sc3ccc(OC)cc3)c3c2-c2nc-3nc3[nH]c(nc4nc(nc5[nH]c(n2)c2c(Sc6ccc(OC)cc6)ccc(Sc6ccc(OC)cc6)c52)-c2c(Sc5ccc(OC)cc5)ccc(Sc5ccc(OC)cc5)c2-4)c2c(Sc4ccc(OC)cc4)ccc(Sc4ccc(OC)cc4)c32)cc1. The highest BCUT2D eigenvalue weighted by Crippen LogP contribution is 2.54. The molecule has 5 heterocycles. The highest BCUT2D eigenvalue weighted by molar-refractivity contribution is 8.01. The zero-order valence-electron chi connectivity index (χ0n) is 61.3. The van der Waals surface area contributed by atoms with Crippen LogP contribution in [0.1, 0.15) is 0 Å². The zero-order valence-corrected chi connectivity index (χ0v) is 67.8. The van der Waals surface area contributed by atoms with E-state index in [-0.39, 0.29) is 0 Å². The topological polar surface area (TPSA) is 183 Å². The van der Waals surface area contributed by atoms with E-state index < -0.39 is 0 Å². The maximum Gasteiger partial charge on any atom is 0.165 e. The summed E-state index contributed by atoms with van der Waals surface area (Å²) in [6.07, 6.45) is 0. The van der Waals surface area contributed by atoms with Gasteiger partial charge in [0.05, 0.1) is 56.9 Å². The second-order valence-corrected chi connectivity index (χ2v) is 34.0. The third kappa shape index (κ3) is 15.4. The monoisotopic (exact) mass is 1620 g/mol. The van der Waals surface area contributed by atoms with Crippen LogP contribution in [-0.2, 0) is 0 Å². The summed E-state index contributed by atoms with van der Waals surface area (Å²) < 4.78 is 45.7. The molecule has 2 aliphatic heterocycles. The molecule has 2 N–H and O–H groups in total. The fourth-order valence-corrected chi connectivity index (χ4v) is 20.6. The summed E-state index contributed by atoms with van der Waals surface area (Å²) in [4.78, 5) is 58.3. The summed E-state index contributed by atoms with van der Waals surface area (Å²) in [6.45, 7) is 0. The molecule has 8 bridgehead atoms. The van der Waals surface area contributed by atoms with Crippen LogP contribution in [0.2, 0.25) is 0 Å². The lowest BCUT2D eigenvalue weighted by Gasteiger charge is -2.13. The second-order valence-electron chi connectivity index (χ2n) is 25.1. The summed E-state index contributed by atoms with van der Waals surface area (Å²) >= 11 is 12.9. The Labute approximate surface area is 679 Å². The van der Waals surface area contributed by atoms with Crippen LogP contribution in [-0.4, -0.2) is 96.8 Å². The van der Waals surface area contributed by atoms with Crippen molar-refractivity contribution in [3.05, 3.63) is 243 Å². The van der Waals surface area contributed by atoms with Crippen LogP contribution in [0.5, 0.6) is 46.0 Å². The molecule has 24 heteroatoms. The Hall–Kier alpha value is -10.8. The summed E-state index contributed by atoms with van der Waals surface area (Å²) in [5.41, 5.74) is 5.11. The van der Waals surface area contributed by atoms with E-state index in [1.807, 2.05) is 97.1 Å². The van der Waals surface area contributed by atoms with Gasteiger partial charge in [-0.05, 0) is 243 Å². The molecule has 0 aliphatic carbocycles. The van der Waals surface area contributed by atoms with Crippen LogP contribution in [0.15, 0.2) is 321 Å². The molecule has 0 fully saturated rings. The summed E-state index contributed by atoms with van der Waals surface area (Å²) in [6, 6.07) is 82.1. The van der Waals surface area contributed by atoms with Crippen LogP contribution in [0, 0.1) is 0 Å². The number of hydrogen-bond acceptors (Lipinski definition) is 22. The van der Waals surface area contributed by atoms with Crippen LogP contribution < -0.4 is 37.9 Å². The predicted molar refractivity (Wildman–Crippen MR) is 453 cm³/mol. The van der Waals surface area contributed by atoms with Crippen molar-refractivity contribution in [2.75, 3.05) is 56.9 Å². The summed E-state index contributed by atoms with van der Waals surface area (Å²) in [5.74, 6) is 7.59. The average Bonchev–Trinajstić information content (AvgIpc) is 1.57. The maximum atomic E-state index is 5.97. The van der Waals surface area contributed by atoms with Crippen molar-refractivity contribution in [1.29, 1.82) is 0 Å². The van der Waals surface area contributed by atoms with Gasteiger partial charge in [0, 0.05) is 122 Å². The van der Waals surface area contributed by atoms with Gasteiger partial charge in [0.15, 0.2) is 23.3 Å². The van der Waals surface area contributed by atoms with Gasteiger partial charge in [-0.1, -0.05) is 94.1 Å². The van der Waals surface area contributed by atoms with E-state index >= 15 is 0 Å². The Morgan fingerprint density at radius 3 is 0.473 bits per heavy atom. The first-order chi connectivity index (χ1) is 55.0. The number of benzene rings is 12. The molecule has 12 aromatic carbocycles. The third-order valence-electron chi connectivity index (χ3n) is 18.4. The van der Waals surface area contributed by atoms with Crippen LogP contribution in [0.4, 0.5) is 0 Å². The molecule has 112 heavy (non-hydrogen) atoms. The standard InChI is InChI=1S/C88H66N8O8S8/c1-97-49-9-25-57(26-10-49)105-65-41-42-66(106-58-27-11-50(98-2)12-28-58)74-73(65)81-89-82(74)94-84-77-69(109-61-33-17-53(101-5)18-34-61)45-46-70(110-62-35-19-54(102-6)20-36-62)78(77)86(91-84)96-88-80-72(112-64-39-23-56(104-8)24-40-64)48-47-71(111-63-37-21-55(103-7)22-38-63)79(80)87(92-88)95-85-76-68(108-60-31-15-52(100-4)16-32-60)44-43-67(75(76)83(90-85)93-81)107-59-29-13-51(99-3)14-30-59/h9-48H,1-8H3,(H2,89,90,91,92,93,94,95,96). The van der Waals surface area contributed by atoms with Crippen molar-refractivity contribution in [3.8, 4) is 91.5 Å². The van der Waals surface area contributed by atoms with Crippen molar-refractivity contribution >= 4 is 138 Å². The molecular weight excluding hydrogens is 1550 g/mol. The number of aromatic nitrogens is 8. The first-order valence-electron chi connectivity index (χ1n) is 35.1. The minimum absolute atomic E-state index is 0.416. The van der Waals surface area contributed by atoms with Gasteiger partial charge < -0.3 is 47.9 Å². The van der Waals surface area contributed by atoms with Crippen molar-refractivity contribution in [2.45, 2.75) is 78.3 Å². The quantitative estimate of drug-likeness (QED) is 0.0582. The van der Waals surface area contributed by atoms with Crippen molar-refractivity contribution in [1.82, 2.24) is 39.9 Å². The Kier molecular flexibility index (Phi) is 21.7. The van der Waals surface area contributed by atoms with E-state index in [1.165, 1.54) is 0 Å². The lowest BCUT2D eigenvalue weighted by atomic mass is 10.1. The molecule has 0 radical (unpaired) electrons. The smallest absolute Gasteiger partial charge is 0.165 e. The van der Waals surface area contributed by atoms with E-state index in [4.69, 9.17) is 67.8 Å². The third-order valence-corrected chi connectivity index (χ3v) is 27.0. The first-order valence-corrected chi connectivity index (χ1v) is 41.6. The number of nitrogens with zero attached hydrogens (tertiary/aromatic N) is 6. The van der Waals surface area contributed by atoms with Crippen molar-refractivity contribution in [3.63, 3.8) is 0 Å². The Balaban J connectivity index is 1.05. The molecule has 3 aromatic heterocycles. The number of methoxy groups -OCH3 is 8. The van der Waals surface area contributed by atoms with E-state index in [2.05, 4.69) is 156 Å². The number of hydrogen-bond donors (Lipinski definition) is 2. The zero-order chi connectivity index (χ0) is 76.3. The Morgan fingerprint density at radius 2 is 0.321 bits per heavy atom. The first kappa shape index (κ1) is 74.0. The van der Waals surface area contributed by atoms with Crippen LogP contribution in [0.25, 0.3) is 89.7 Å². The van der Waals surface area contributed by atoms with Gasteiger partial charge in [-0.25, -0.2) is 29.9 Å². The van der Waals surface area contributed by atoms with E-state index in [1.54, 1.807) is 151 Å². The number of fused-ring (bicyclic) bond motifs is 20. The van der Waals surface area contributed by atoms with E-state index in [9.17, 15) is 0 Å². The summed E-state index contributed by atoms with van der Waals surface area (Å²) in [5, 5.41) is 3.21. The number of H-pyrrole nitrogens is 2. The van der Waals surface area contributed by atoms with Gasteiger partial charge in [0.25, 0.3) is 0 Å².